The zero-order chi connectivity index (χ0) is 21.2. The topological polar surface area (TPSA) is 128 Å². The second kappa shape index (κ2) is 7.34. The molecule has 0 aliphatic carbocycles. The van der Waals surface area contributed by atoms with Crippen LogP contribution in [0.2, 0.25) is 0 Å². The second-order valence-electron chi connectivity index (χ2n) is 8.93. The number of para-hydroxylation sites is 1. The normalized spacial score (nSPS) is 50.8. The van der Waals surface area contributed by atoms with E-state index in [4.69, 9.17) is 28.4 Å². The van der Waals surface area contributed by atoms with Gasteiger partial charge in [0.15, 0.2) is 5.72 Å². The van der Waals surface area contributed by atoms with Gasteiger partial charge in [0.25, 0.3) is 0 Å². The highest BCUT2D eigenvalue weighted by Gasteiger charge is 2.74. The van der Waals surface area contributed by atoms with Gasteiger partial charge in [-0.1, -0.05) is 18.2 Å². The molecule has 0 bridgehead atoms. The van der Waals surface area contributed by atoms with Gasteiger partial charge in [-0.15, -0.1) is 0 Å². The van der Waals surface area contributed by atoms with E-state index < -0.39 is 54.1 Å². The van der Waals surface area contributed by atoms with Crippen molar-refractivity contribution in [2.75, 3.05) is 33.0 Å². The highest BCUT2D eigenvalue weighted by molar-refractivity contribution is 5.22. The minimum atomic E-state index is -1.59. The average molecular weight is 437 g/mol. The van der Waals surface area contributed by atoms with Gasteiger partial charge >= 0.3 is 0 Å². The summed E-state index contributed by atoms with van der Waals surface area (Å²) >= 11 is 0. The first kappa shape index (κ1) is 20.3. The lowest BCUT2D eigenvalue weighted by molar-refractivity contribution is -0.224. The molecular weight excluding hydrogens is 410 g/mol. The van der Waals surface area contributed by atoms with Crippen molar-refractivity contribution in [2.24, 2.45) is 0 Å². The molecular formula is C21H27NO9. The average Bonchev–Trinajstić information content (AvgIpc) is 3.56. The third-order valence-corrected chi connectivity index (χ3v) is 6.95. The van der Waals surface area contributed by atoms with Crippen LogP contribution in [0, 0.1) is 0 Å². The molecule has 4 N–H and O–H groups in total. The monoisotopic (exact) mass is 437 g/mol. The fourth-order valence-electron chi connectivity index (χ4n) is 5.53. The summed E-state index contributed by atoms with van der Waals surface area (Å²) in [6, 6.07) is 9.44. The van der Waals surface area contributed by atoms with Crippen molar-refractivity contribution in [1.82, 2.24) is 5.32 Å². The van der Waals surface area contributed by atoms with Crippen LogP contribution in [0.15, 0.2) is 30.3 Å². The van der Waals surface area contributed by atoms with Gasteiger partial charge < -0.3 is 43.7 Å². The lowest BCUT2D eigenvalue weighted by Gasteiger charge is -2.41. The number of ether oxygens (including phenoxy) is 6. The quantitative estimate of drug-likeness (QED) is 0.427. The maximum Gasteiger partial charge on any atom is 0.178 e. The molecule has 1 aromatic rings. The Morgan fingerprint density at radius 1 is 1.00 bits per heavy atom. The molecule has 5 fully saturated rings. The summed E-state index contributed by atoms with van der Waals surface area (Å²) in [5.74, 6) is 0.732. The van der Waals surface area contributed by atoms with E-state index in [1.165, 1.54) is 0 Å². The molecule has 0 unspecified atom stereocenters. The minimum Gasteiger partial charge on any atom is -0.491 e. The molecule has 0 aromatic heterocycles. The molecule has 31 heavy (non-hydrogen) atoms. The lowest BCUT2D eigenvalue weighted by Crippen LogP contribution is -2.67. The van der Waals surface area contributed by atoms with E-state index in [-0.39, 0.29) is 25.9 Å². The van der Waals surface area contributed by atoms with Gasteiger partial charge in [-0.05, 0) is 12.1 Å². The van der Waals surface area contributed by atoms with Gasteiger partial charge in [-0.2, -0.15) is 0 Å². The van der Waals surface area contributed by atoms with E-state index in [0.29, 0.717) is 13.2 Å². The van der Waals surface area contributed by atoms with Crippen LogP contribution < -0.4 is 10.1 Å². The zero-order valence-electron chi connectivity index (χ0n) is 16.8. The van der Waals surface area contributed by atoms with Crippen LogP contribution in [0.5, 0.6) is 5.75 Å². The van der Waals surface area contributed by atoms with Gasteiger partial charge in [0.05, 0.1) is 19.8 Å². The fraction of sp³-hybridized carbons (Fsp3) is 0.714. The molecule has 5 aliphatic heterocycles. The van der Waals surface area contributed by atoms with E-state index in [0.717, 1.165) is 5.75 Å². The van der Waals surface area contributed by atoms with Crippen molar-refractivity contribution in [3.05, 3.63) is 30.3 Å². The third kappa shape index (κ3) is 2.98. The van der Waals surface area contributed by atoms with Crippen LogP contribution in [-0.2, 0) is 23.7 Å². The Balaban J connectivity index is 1.26. The van der Waals surface area contributed by atoms with Crippen LogP contribution in [0.3, 0.4) is 0 Å². The lowest BCUT2D eigenvalue weighted by atomic mass is 9.83. The molecule has 1 spiro atoms. The summed E-state index contributed by atoms with van der Waals surface area (Å²) in [5.41, 5.74) is -2.80. The molecule has 170 valence electrons. The number of aliphatic hydroxyl groups excluding tert-OH is 2. The van der Waals surface area contributed by atoms with Crippen molar-refractivity contribution in [1.29, 1.82) is 0 Å². The van der Waals surface area contributed by atoms with Gasteiger partial charge in [0.1, 0.15) is 66.8 Å². The summed E-state index contributed by atoms with van der Waals surface area (Å²) in [7, 11) is 0. The van der Waals surface area contributed by atoms with Crippen molar-refractivity contribution in [3.63, 3.8) is 0 Å². The summed E-state index contributed by atoms with van der Waals surface area (Å²) < 4.78 is 35.7. The molecule has 1 aromatic carbocycles. The van der Waals surface area contributed by atoms with Crippen molar-refractivity contribution >= 4 is 0 Å². The number of hydrogen-bond donors (Lipinski definition) is 4. The summed E-state index contributed by atoms with van der Waals surface area (Å²) in [4.78, 5) is 0. The van der Waals surface area contributed by atoms with Crippen molar-refractivity contribution < 1.29 is 43.7 Å². The first-order chi connectivity index (χ1) is 15.0. The molecule has 6 rings (SSSR count). The number of nitrogens with one attached hydrogen (secondary N) is 1. The van der Waals surface area contributed by atoms with Gasteiger partial charge in [0.2, 0.25) is 0 Å². The Labute approximate surface area is 178 Å². The first-order valence-electron chi connectivity index (χ1n) is 10.7. The Morgan fingerprint density at radius 2 is 1.74 bits per heavy atom. The third-order valence-electron chi connectivity index (χ3n) is 6.95. The Kier molecular flexibility index (Phi) is 4.80. The summed E-state index contributed by atoms with van der Waals surface area (Å²) in [6.45, 7) is 0.852. The highest BCUT2D eigenvalue weighted by Crippen LogP contribution is 2.50. The number of fused-ring (bicyclic) bond motifs is 3. The molecule has 0 amide bonds. The van der Waals surface area contributed by atoms with Crippen LogP contribution in [0.1, 0.15) is 0 Å². The number of rotatable bonds is 4. The Morgan fingerprint density at radius 3 is 2.55 bits per heavy atom. The fourth-order valence-corrected chi connectivity index (χ4v) is 5.53. The molecule has 10 heteroatoms. The van der Waals surface area contributed by atoms with Crippen molar-refractivity contribution in [3.8, 4) is 5.75 Å². The molecule has 10 atom stereocenters. The standard InChI is InChI=1S/C21H27NO9/c23-13-8-27-17-15(13)29-10-20(17,25)19-21(18-16(30-19)14(24)9-28-18)22-6-12(31-21)7-26-11-4-2-1-3-5-11/h1-5,12-19,22-25H,6-10H2/t12-,13-,14-,15-,16-,17+,18+,19-,20-,21-/m1/s1. The Hall–Kier alpha value is -1.34. The van der Waals surface area contributed by atoms with E-state index in [2.05, 4.69) is 5.32 Å². The maximum absolute atomic E-state index is 11.7. The molecule has 5 heterocycles. The number of benzene rings is 1. The maximum atomic E-state index is 11.7. The molecule has 0 saturated carbocycles. The van der Waals surface area contributed by atoms with Crippen LogP contribution in [-0.4, -0.2) is 108 Å². The molecule has 5 aliphatic rings. The summed E-state index contributed by atoms with van der Waals surface area (Å²) in [6.07, 6.45) is -5.63. The first-order valence-corrected chi connectivity index (χ1v) is 10.7. The van der Waals surface area contributed by atoms with Gasteiger partial charge in [-0.25, -0.2) is 0 Å². The number of hydrogen-bond acceptors (Lipinski definition) is 10. The predicted octanol–water partition coefficient (Wildman–Crippen LogP) is -1.83. The van der Waals surface area contributed by atoms with E-state index in [9.17, 15) is 15.3 Å². The number of aliphatic hydroxyl groups is 3. The van der Waals surface area contributed by atoms with E-state index in [1.54, 1.807) is 0 Å². The highest BCUT2D eigenvalue weighted by atomic mass is 16.7. The largest absolute Gasteiger partial charge is 0.491 e. The smallest absolute Gasteiger partial charge is 0.178 e. The van der Waals surface area contributed by atoms with Crippen LogP contribution in [0.25, 0.3) is 0 Å². The van der Waals surface area contributed by atoms with Crippen molar-refractivity contribution in [2.45, 2.75) is 60.2 Å². The molecule has 5 saturated heterocycles. The van der Waals surface area contributed by atoms with Gasteiger partial charge in [0, 0.05) is 6.54 Å². The van der Waals surface area contributed by atoms with Crippen LogP contribution in [0.4, 0.5) is 0 Å². The summed E-state index contributed by atoms with van der Waals surface area (Å²) in [5, 5.41) is 35.5. The second-order valence-corrected chi connectivity index (χ2v) is 8.93. The SMILES string of the molecule is O[C@@H]1CO[C@H]2[C@@H]1OC[C@]2(O)[C@H]1O[C@@H]2[C@H](O)CO[C@@H]2[C@]12NC[C@H](COc1ccccc1)O2. The molecule has 0 radical (unpaired) electrons. The Bertz CT molecular complexity index is 813. The van der Waals surface area contributed by atoms with E-state index in [1.807, 2.05) is 30.3 Å². The van der Waals surface area contributed by atoms with E-state index >= 15 is 0 Å². The predicted molar refractivity (Wildman–Crippen MR) is 102 cm³/mol. The minimum absolute atomic E-state index is 0.0746. The zero-order valence-corrected chi connectivity index (χ0v) is 16.8. The van der Waals surface area contributed by atoms with Gasteiger partial charge in [-0.3, -0.25) is 5.32 Å². The van der Waals surface area contributed by atoms with Crippen LogP contribution >= 0.6 is 0 Å². The molecule has 10 nitrogen and oxygen atoms in total.